The molecular formula is C12H26BrN. The van der Waals surface area contributed by atoms with Crippen molar-refractivity contribution >= 4 is 15.9 Å². The van der Waals surface area contributed by atoms with Crippen LogP contribution < -0.4 is 0 Å². The van der Waals surface area contributed by atoms with E-state index in [1.165, 1.54) is 19.5 Å². The quantitative estimate of drug-likeness (QED) is 0.635. The Labute approximate surface area is 98.4 Å². The first-order valence-electron chi connectivity index (χ1n) is 5.71. The Bertz CT molecular complexity index is 134. The summed E-state index contributed by atoms with van der Waals surface area (Å²) in [5.41, 5.74) is 0. The van der Waals surface area contributed by atoms with Gasteiger partial charge in [0.15, 0.2) is 0 Å². The third-order valence-corrected chi connectivity index (χ3v) is 3.61. The summed E-state index contributed by atoms with van der Waals surface area (Å²) < 4.78 is 0. The van der Waals surface area contributed by atoms with Gasteiger partial charge >= 0.3 is 0 Å². The predicted octanol–water partition coefficient (Wildman–Crippen LogP) is 3.63. The third-order valence-electron chi connectivity index (χ3n) is 2.78. The smallest absolute Gasteiger partial charge is 0.00743 e. The number of halogens is 1. The van der Waals surface area contributed by atoms with Gasteiger partial charge in [-0.25, -0.2) is 0 Å². The first kappa shape index (κ1) is 14.4. The van der Waals surface area contributed by atoms with E-state index in [1.54, 1.807) is 0 Å². The Morgan fingerprint density at radius 2 is 1.71 bits per heavy atom. The summed E-state index contributed by atoms with van der Waals surface area (Å²) in [5.74, 6) is 2.38. The van der Waals surface area contributed by atoms with Gasteiger partial charge in [-0.3, -0.25) is 0 Å². The first-order chi connectivity index (χ1) is 6.47. The number of hydrogen-bond donors (Lipinski definition) is 0. The van der Waals surface area contributed by atoms with Crippen LogP contribution in [0.15, 0.2) is 0 Å². The minimum absolute atomic E-state index is 0.774. The van der Waals surface area contributed by atoms with Crippen LogP contribution in [-0.4, -0.2) is 30.4 Å². The minimum Gasteiger partial charge on any atom is -0.306 e. The molecule has 0 aliphatic rings. The summed E-state index contributed by atoms with van der Waals surface area (Å²) in [6.07, 6.45) is 1.31. The molecule has 0 heterocycles. The van der Waals surface area contributed by atoms with E-state index in [4.69, 9.17) is 0 Å². The lowest BCUT2D eigenvalue weighted by Gasteiger charge is -2.25. The van der Waals surface area contributed by atoms with Crippen LogP contribution in [0, 0.1) is 17.8 Å². The van der Waals surface area contributed by atoms with Crippen molar-refractivity contribution in [1.82, 2.24) is 4.90 Å². The van der Waals surface area contributed by atoms with E-state index in [1.807, 2.05) is 0 Å². The van der Waals surface area contributed by atoms with Crippen molar-refractivity contribution in [3.05, 3.63) is 0 Å². The molecule has 0 bridgehead atoms. The summed E-state index contributed by atoms with van der Waals surface area (Å²) in [7, 11) is 2.24. The molecule has 0 aromatic rings. The lowest BCUT2D eigenvalue weighted by molar-refractivity contribution is 0.242. The summed E-state index contributed by atoms with van der Waals surface area (Å²) in [6.45, 7) is 11.6. The molecule has 0 radical (unpaired) electrons. The minimum atomic E-state index is 0.774. The summed E-state index contributed by atoms with van der Waals surface area (Å²) in [5, 5.41) is 1.12. The van der Waals surface area contributed by atoms with Gasteiger partial charge in [-0.05, 0) is 37.8 Å². The fourth-order valence-corrected chi connectivity index (χ4v) is 2.36. The van der Waals surface area contributed by atoms with Crippen LogP contribution in [-0.2, 0) is 0 Å². The maximum atomic E-state index is 3.60. The zero-order chi connectivity index (χ0) is 11.1. The van der Waals surface area contributed by atoms with E-state index in [0.29, 0.717) is 0 Å². The third kappa shape index (κ3) is 6.83. The Morgan fingerprint density at radius 3 is 2.07 bits per heavy atom. The van der Waals surface area contributed by atoms with Crippen molar-refractivity contribution in [2.75, 3.05) is 25.5 Å². The maximum absolute atomic E-state index is 3.60. The van der Waals surface area contributed by atoms with Gasteiger partial charge in [0.05, 0.1) is 0 Å². The molecule has 0 aromatic heterocycles. The fraction of sp³-hybridized carbons (Fsp3) is 1.00. The van der Waals surface area contributed by atoms with Crippen molar-refractivity contribution in [2.45, 2.75) is 34.1 Å². The van der Waals surface area contributed by atoms with Crippen molar-refractivity contribution in [3.63, 3.8) is 0 Å². The number of rotatable bonds is 7. The predicted molar refractivity (Wildman–Crippen MR) is 69.1 cm³/mol. The molecule has 1 nitrogen and oxygen atoms in total. The molecule has 14 heavy (non-hydrogen) atoms. The van der Waals surface area contributed by atoms with Gasteiger partial charge in [0.2, 0.25) is 0 Å². The number of hydrogen-bond acceptors (Lipinski definition) is 1. The second kappa shape index (κ2) is 7.70. The average Bonchev–Trinajstić information content (AvgIpc) is 2.10. The zero-order valence-corrected chi connectivity index (χ0v) is 12.0. The lowest BCUT2D eigenvalue weighted by atomic mass is 9.97. The van der Waals surface area contributed by atoms with Crippen LogP contribution in [0.4, 0.5) is 0 Å². The highest BCUT2D eigenvalue weighted by molar-refractivity contribution is 9.09. The van der Waals surface area contributed by atoms with Gasteiger partial charge in [-0.15, -0.1) is 0 Å². The molecule has 0 N–H and O–H groups in total. The Kier molecular flexibility index (Phi) is 7.94. The van der Waals surface area contributed by atoms with Crippen molar-refractivity contribution in [2.24, 2.45) is 17.8 Å². The molecule has 0 spiro atoms. The van der Waals surface area contributed by atoms with E-state index in [9.17, 15) is 0 Å². The standard InChI is InChI=1S/C12H26BrN/c1-10(2)6-7-14(5)9-12(8-13)11(3)4/h10-12H,6-9H2,1-5H3. The number of nitrogens with zero attached hydrogens (tertiary/aromatic N) is 1. The molecule has 0 amide bonds. The van der Waals surface area contributed by atoms with Gasteiger partial charge in [-0.1, -0.05) is 43.6 Å². The summed E-state index contributed by atoms with van der Waals surface area (Å²) >= 11 is 3.60. The SMILES string of the molecule is CC(C)CCN(C)CC(CBr)C(C)C. The molecule has 1 unspecified atom stereocenters. The molecule has 0 aromatic carbocycles. The Morgan fingerprint density at radius 1 is 1.14 bits per heavy atom. The molecule has 0 fully saturated rings. The highest BCUT2D eigenvalue weighted by Gasteiger charge is 2.14. The lowest BCUT2D eigenvalue weighted by Crippen LogP contribution is -2.30. The molecule has 0 aliphatic heterocycles. The molecule has 1 atom stereocenters. The second-order valence-electron chi connectivity index (χ2n) is 5.10. The zero-order valence-electron chi connectivity index (χ0n) is 10.4. The summed E-state index contributed by atoms with van der Waals surface area (Å²) in [6, 6.07) is 0. The van der Waals surface area contributed by atoms with Gasteiger partial charge in [0.1, 0.15) is 0 Å². The van der Waals surface area contributed by atoms with Crippen LogP contribution in [0.5, 0.6) is 0 Å². The largest absolute Gasteiger partial charge is 0.306 e. The first-order valence-corrected chi connectivity index (χ1v) is 6.84. The van der Waals surface area contributed by atoms with E-state index >= 15 is 0 Å². The van der Waals surface area contributed by atoms with Crippen LogP contribution in [0.1, 0.15) is 34.1 Å². The normalized spacial score (nSPS) is 14.4. The van der Waals surface area contributed by atoms with Gasteiger partial charge in [0, 0.05) is 11.9 Å². The fourth-order valence-electron chi connectivity index (χ4n) is 1.41. The Hall–Kier alpha value is 0.440. The Balaban J connectivity index is 3.73. The van der Waals surface area contributed by atoms with Crippen molar-refractivity contribution in [1.29, 1.82) is 0 Å². The maximum Gasteiger partial charge on any atom is 0.00743 e. The van der Waals surface area contributed by atoms with E-state index < -0.39 is 0 Å². The van der Waals surface area contributed by atoms with Crippen molar-refractivity contribution < 1.29 is 0 Å². The van der Waals surface area contributed by atoms with Crippen LogP contribution in [0.25, 0.3) is 0 Å². The summed E-state index contributed by atoms with van der Waals surface area (Å²) in [4.78, 5) is 2.46. The second-order valence-corrected chi connectivity index (χ2v) is 5.75. The molecule has 0 rings (SSSR count). The van der Waals surface area contributed by atoms with Crippen LogP contribution in [0.2, 0.25) is 0 Å². The molecular weight excluding hydrogens is 238 g/mol. The molecule has 0 aliphatic carbocycles. The van der Waals surface area contributed by atoms with E-state index in [2.05, 4.69) is 55.6 Å². The van der Waals surface area contributed by atoms with Crippen molar-refractivity contribution in [3.8, 4) is 0 Å². The van der Waals surface area contributed by atoms with Crippen LogP contribution >= 0.6 is 15.9 Å². The highest BCUT2D eigenvalue weighted by atomic mass is 79.9. The number of alkyl halides is 1. The van der Waals surface area contributed by atoms with Gasteiger partial charge in [0.25, 0.3) is 0 Å². The molecule has 86 valence electrons. The topological polar surface area (TPSA) is 3.24 Å². The van der Waals surface area contributed by atoms with Gasteiger partial charge < -0.3 is 4.90 Å². The van der Waals surface area contributed by atoms with Gasteiger partial charge in [-0.2, -0.15) is 0 Å². The van der Waals surface area contributed by atoms with E-state index in [0.717, 1.165) is 23.1 Å². The highest BCUT2D eigenvalue weighted by Crippen LogP contribution is 2.15. The van der Waals surface area contributed by atoms with Crippen LogP contribution in [0.3, 0.4) is 0 Å². The molecule has 0 saturated heterocycles. The monoisotopic (exact) mass is 263 g/mol. The molecule has 2 heteroatoms. The van der Waals surface area contributed by atoms with E-state index in [-0.39, 0.29) is 0 Å². The molecule has 0 saturated carbocycles. The average molecular weight is 264 g/mol.